The van der Waals surface area contributed by atoms with Crippen LogP contribution in [-0.4, -0.2) is 22.3 Å². The largest absolute Gasteiger partial charge is 0.491 e. The Morgan fingerprint density at radius 1 is 1.53 bits per heavy atom. The van der Waals surface area contributed by atoms with Gasteiger partial charge < -0.3 is 9.84 Å². The molecular weight excluding hydrogens is 238 g/mol. The molecule has 1 unspecified atom stereocenters. The van der Waals surface area contributed by atoms with Gasteiger partial charge in [0.1, 0.15) is 5.75 Å². The summed E-state index contributed by atoms with van der Waals surface area (Å²) in [6.45, 7) is 3.80. The van der Waals surface area contributed by atoms with E-state index in [0.29, 0.717) is 11.3 Å². The van der Waals surface area contributed by atoms with Gasteiger partial charge in [0.05, 0.1) is 11.3 Å². The number of ether oxygens (including phenoxy) is 1. The number of aliphatic imine (C=N–C) groups is 1. The summed E-state index contributed by atoms with van der Waals surface area (Å²) < 4.78 is 5.48. The molecule has 1 rings (SSSR count). The maximum atomic E-state index is 11.0. The van der Waals surface area contributed by atoms with Crippen LogP contribution in [0.5, 0.6) is 5.75 Å². The van der Waals surface area contributed by atoms with Gasteiger partial charge in [-0.3, -0.25) is 0 Å². The third kappa shape index (κ3) is 3.98. The molecule has 0 fully saturated rings. The zero-order valence-corrected chi connectivity index (χ0v) is 10.4. The number of thiocarbonyl (C=S) groups is 1. The Hall–Kier alpha value is -1.71. The number of rotatable bonds is 5. The van der Waals surface area contributed by atoms with Crippen LogP contribution in [0.4, 0.5) is 0 Å². The summed E-state index contributed by atoms with van der Waals surface area (Å²) in [5, 5.41) is 11.1. The molecule has 0 spiro atoms. The Labute approximate surface area is 105 Å². The molecule has 1 N–H and O–H groups in total. The van der Waals surface area contributed by atoms with Gasteiger partial charge in [0.25, 0.3) is 0 Å². The average molecular weight is 251 g/mol. The first-order valence-corrected chi connectivity index (χ1v) is 5.52. The smallest absolute Gasteiger partial charge is 0.333 e. The number of carboxylic acid groups (broad SMARTS) is 1. The van der Waals surface area contributed by atoms with Gasteiger partial charge >= 0.3 is 5.97 Å². The standard InChI is InChI=1S/C12H13NO3S/c1-8(2)16-10-5-3-4-9(6-10)11(12(14)15)13-7-17/h3-6,8,11H,1-2H3,(H,14,15). The van der Waals surface area contributed by atoms with Crippen LogP contribution < -0.4 is 4.74 Å². The summed E-state index contributed by atoms with van der Waals surface area (Å²) in [5.74, 6) is -0.452. The number of hydrogen-bond donors (Lipinski definition) is 1. The van der Waals surface area contributed by atoms with Crippen LogP contribution in [0.3, 0.4) is 0 Å². The van der Waals surface area contributed by atoms with Gasteiger partial charge in [-0.05, 0) is 43.8 Å². The monoisotopic (exact) mass is 251 g/mol. The molecule has 1 aromatic rings. The van der Waals surface area contributed by atoms with Crippen molar-refractivity contribution < 1.29 is 14.6 Å². The van der Waals surface area contributed by atoms with Crippen molar-refractivity contribution in [2.24, 2.45) is 4.99 Å². The lowest BCUT2D eigenvalue weighted by atomic mass is 10.1. The molecule has 1 aromatic carbocycles. The Bertz CT molecular complexity index is 451. The number of nitrogens with zero attached hydrogens (tertiary/aromatic N) is 1. The van der Waals surface area contributed by atoms with Crippen molar-refractivity contribution in [2.45, 2.75) is 26.0 Å². The zero-order chi connectivity index (χ0) is 12.8. The van der Waals surface area contributed by atoms with E-state index in [9.17, 15) is 4.79 Å². The van der Waals surface area contributed by atoms with Gasteiger partial charge in [0.2, 0.25) is 0 Å². The SMILES string of the molecule is CC(C)Oc1cccc(C(N=C=S)C(=O)O)c1. The lowest BCUT2D eigenvalue weighted by molar-refractivity contribution is -0.138. The van der Waals surface area contributed by atoms with E-state index in [0.717, 1.165) is 0 Å². The number of carboxylic acids is 1. The van der Waals surface area contributed by atoms with Gasteiger partial charge in [0, 0.05) is 0 Å². The lowest BCUT2D eigenvalue weighted by Gasteiger charge is -2.12. The molecule has 0 aliphatic carbocycles. The van der Waals surface area contributed by atoms with Crippen molar-refractivity contribution in [2.75, 3.05) is 0 Å². The van der Waals surface area contributed by atoms with Crippen LogP contribution in [0.25, 0.3) is 0 Å². The van der Waals surface area contributed by atoms with E-state index in [1.807, 2.05) is 13.8 Å². The van der Waals surface area contributed by atoms with Crippen LogP contribution in [-0.2, 0) is 4.79 Å². The van der Waals surface area contributed by atoms with E-state index in [1.165, 1.54) is 0 Å². The van der Waals surface area contributed by atoms with Gasteiger partial charge in [-0.25, -0.2) is 9.79 Å². The highest BCUT2D eigenvalue weighted by Gasteiger charge is 2.18. The van der Waals surface area contributed by atoms with Gasteiger partial charge in [-0.2, -0.15) is 0 Å². The van der Waals surface area contributed by atoms with Crippen molar-refractivity contribution in [3.05, 3.63) is 29.8 Å². The van der Waals surface area contributed by atoms with Gasteiger partial charge in [0.15, 0.2) is 6.04 Å². The summed E-state index contributed by atoms with van der Waals surface area (Å²) >= 11 is 4.44. The summed E-state index contributed by atoms with van der Waals surface area (Å²) in [4.78, 5) is 14.6. The second-order valence-electron chi connectivity index (χ2n) is 3.70. The topological polar surface area (TPSA) is 58.9 Å². The first-order valence-electron chi connectivity index (χ1n) is 5.11. The maximum Gasteiger partial charge on any atom is 0.333 e. The van der Waals surface area contributed by atoms with Crippen LogP contribution >= 0.6 is 12.2 Å². The molecule has 1 atom stereocenters. The van der Waals surface area contributed by atoms with Crippen molar-refractivity contribution in [3.8, 4) is 5.75 Å². The molecule has 0 aliphatic rings. The second-order valence-corrected chi connectivity index (χ2v) is 3.88. The normalized spacial score (nSPS) is 11.7. The lowest BCUT2D eigenvalue weighted by Crippen LogP contribution is -2.10. The molecule has 0 amide bonds. The number of isothiocyanates is 1. The minimum absolute atomic E-state index is 0.0301. The quantitative estimate of drug-likeness (QED) is 0.645. The molecule has 17 heavy (non-hydrogen) atoms. The van der Waals surface area contributed by atoms with Crippen molar-refractivity contribution in [3.63, 3.8) is 0 Å². The predicted octanol–water partition coefficient (Wildman–Crippen LogP) is 2.70. The average Bonchev–Trinajstić information content (AvgIpc) is 2.24. The first-order chi connectivity index (χ1) is 8.04. The summed E-state index contributed by atoms with van der Waals surface area (Å²) in [6, 6.07) is 5.78. The maximum absolute atomic E-state index is 11.0. The Balaban J connectivity index is 3.03. The highest BCUT2D eigenvalue weighted by atomic mass is 32.1. The van der Waals surface area contributed by atoms with Crippen LogP contribution in [0.2, 0.25) is 0 Å². The van der Waals surface area contributed by atoms with E-state index in [-0.39, 0.29) is 6.10 Å². The zero-order valence-electron chi connectivity index (χ0n) is 9.58. The van der Waals surface area contributed by atoms with Gasteiger partial charge in [-0.1, -0.05) is 12.1 Å². The fraction of sp³-hybridized carbons (Fsp3) is 0.333. The van der Waals surface area contributed by atoms with Crippen molar-refractivity contribution in [1.29, 1.82) is 0 Å². The molecule has 0 bridgehead atoms. The van der Waals surface area contributed by atoms with Crippen LogP contribution in [0.1, 0.15) is 25.5 Å². The van der Waals surface area contributed by atoms with Crippen molar-refractivity contribution >= 4 is 23.3 Å². The molecule has 0 heterocycles. The van der Waals surface area contributed by atoms with E-state index in [4.69, 9.17) is 9.84 Å². The summed E-state index contributed by atoms with van der Waals surface area (Å²) in [5.41, 5.74) is 0.521. The minimum atomic E-state index is -1.07. The number of benzene rings is 1. The number of aliphatic carboxylic acids is 1. The molecule has 4 nitrogen and oxygen atoms in total. The molecule has 0 saturated carbocycles. The molecule has 0 aromatic heterocycles. The Morgan fingerprint density at radius 2 is 2.24 bits per heavy atom. The number of carbonyl (C=O) groups is 1. The Morgan fingerprint density at radius 3 is 2.76 bits per heavy atom. The van der Waals surface area contributed by atoms with Crippen molar-refractivity contribution in [1.82, 2.24) is 0 Å². The fourth-order valence-corrected chi connectivity index (χ4v) is 1.46. The molecular formula is C12H13NO3S. The molecule has 5 heteroatoms. The summed E-state index contributed by atoms with van der Waals surface area (Å²) in [7, 11) is 0. The Kier molecular flexibility index (Phi) is 4.82. The fourth-order valence-electron chi connectivity index (χ4n) is 1.36. The molecule has 0 saturated heterocycles. The molecule has 0 aliphatic heterocycles. The highest BCUT2D eigenvalue weighted by Crippen LogP contribution is 2.22. The molecule has 0 radical (unpaired) electrons. The van der Waals surface area contributed by atoms with Crippen LogP contribution in [0, 0.1) is 0 Å². The minimum Gasteiger partial charge on any atom is -0.491 e. The molecule has 90 valence electrons. The van der Waals surface area contributed by atoms with E-state index in [2.05, 4.69) is 22.4 Å². The highest BCUT2D eigenvalue weighted by molar-refractivity contribution is 7.78. The first kappa shape index (κ1) is 13.4. The predicted molar refractivity (Wildman–Crippen MR) is 67.6 cm³/mol. The van der Waals surface area contributed by atoms with E-state index < -0.39 is 12.0 Å². The third-order valence-corrected chi connectivity index (χ3v) is 2.07. The van der Waals surface area contributed by atoms with Crippen LogP contribution in [0.15, 0.2) is 29.3 Å². The second kappa shape index (κ2) is 6.13. The van der Waals surface area contributed by atoms with Gasteiger partial charge in [-0.15, -0.1) is 0 Å². The third-order valence-electron chi connectivity index (χ3n) is 1.96. The van der Waals surface area contributed by atoms with E-state index in [1.54, 1.807) is 24.3 Å². The summed E-state index contributed by atoms with van der Waals surface area (Å²) in [6.07, 6.45) is 0.0301. The number of hydrogen-bond acceptors (Lipinski definition) is 4. The van der Waals surface area contributed by atoms with E-state index >= 15 is 0 Å².